The van der Waals surface area contributed by atoms with Crippen molar-refractivity contribution in [2.45, 2.75) is 52.9 Å². The number of aryl methyl sites for hydroxylation is 1. The molecule has 1 N–H and O–H groups in total. The largest absolute Gasteiger partial charge is 0.507 e. The molecule has 0 aliphatic heterocycles. The lowest BCUT2D eigenvalue weighted by Gasteiger charge is -2.14. The summed E-state index contributed by atoms with van der Waals surface area (Å²) in [5.41, 5.74) is 1.70. The number of phenols is 1. The van der Waals surface area contributed by atoms with Crippen LogP contribution in [0.15, 0.2) is 6.07 Å². The third-order valence-electron chi connectivity index (χ3n) is 3.71. The third-order valence-corrected chi connectivity index (χ3v) is 3.71. The highest BCUT2D eigenvalue weighted by molar-refractivity contribution is 6.02. The number of Topliss-reactive ketones (excluding diaryl/α,β-unsaturated/α-hetero) is 1. The molecule has 116 valence electrons. The highest BCUT2D eigenvalue weighted by atomic mass is 16.5. The summed E-state index contributed by atoms with van der Waals surface area (Å²) in [6.07, 6.45) is 4.90. The first kappa shape index (κ1) is 17.2. The van der Waals surface area contributed by atoms with Crippen molar-refractivity contribution in [1.82, 2.24) is 0 Å². The first-order valence-corrected chi connectivity index (χ1v) is 7.38. The number of ketones is 1. The molecule has 4 heteroatoms. The summed E-state index contributed by atoms with van der Waals surface area (Å²) in [6.45, 7) is 5.25. The lowest BCUT2D eigenvalue weighted by Crippen LogP contribution is -2.10. The quantitative estimate of drug-likeness (QED) is 0.471. The van der Waals surface area contributed by atoms with Crippen LogP contribution in [0.2, 0.25) is 0 Å². The summed E-state index contributed by atoms with van der Waals surface area (Å²) < 4.78 is 4.72. The Bertz CT molecular complexity index is 532. The minimum Gasteiger partial charge on any atom is -0.507 e. The van der Waals surface area contributed by atoms with Crippen molar-refractivity contribution in [3.05, 3.63) is 28.3 Å². The van der Waals surface area contributed by atoms with Crippen molar-refractivity contribution >= 4 is 11.8 Å². The molecule has 4 nitrogen and oxygen atoms in total. The van der Waals surface area contributed by atoms with Gasteiger partial charge in [-0.2, -0.15) is 0 Å². The number of methoxy groups -OCH3 is 1. The molecule has 0 aliphatic carbocycles. The summed E-state index contributed by atoms with van der Waals surface area (Å²) in [4.78, 5) is 23.6. The first-order valence-electron chi connectivity index (χ1n) is 7.38. The zero-order valence-corrected chi connectivity index (χ0v) is 13.3. The van der Waals surface area contributed by atoms with Crippen LogP contribution in [-0.2, 0) is 11.2 Å². The molecule has 21 heavy (non-hydrogen) atoms. The van der Waals surface area contributed by atoms with Gasteiger partial charge in [0.1, 0.15) is 11.3 Å². The molecule has 0 radical (unpaired) electrons. The van der Waals surface area contributed by atoms with Crippen LogP contribution in [0.3, 0.4) is 0 Å². The van der Waals surface area contributed by atoms with E-state index in [2.05, 4.69) is 6.92 Å². The number of carbonyl (C=O) groups excluding carboxylic acids is 2. The SMILES string of the molecule is CCCCCCc1cc(C(C)=O)c(C)c(C(=O)OC)c1O. The van der Waals surface area contributed by atoms with Gasteiger partial charge in [0.2, 0.25) is 0 Å². The van der Waals surface area contributed by atoms with E-state index in [1.54, 1.807) is 13.0 Å². The lowest BCUT2D eigenvalue weighted by atomic mass is 9.92. The van der Waals surface area contributed by atoms with Crippen LogP contribution < -0.4 is 0 Å². The van der Waals surface area contributed by atoms with Crippen LogP contribution in [-0.4, -0.2) is 24.0 Å². The van der Waals surface area contributed by atoms with Crippen molar-refractivity contribution < 1.29 is 19.4 Å². The van der Waals surface area contributed by atoms with Gasteiger partial charge in [0.25, 0.3) is 0 Å². The normalized spacial score (nSPS) is 10.5. The van der Waals surface area contributed by atoms with Crippen molar-refractivity contribution in [3.8, 4) is 5.75 Å². The topological polar surface area (TPSA) is 63.6 Å². The highest BCUT2D eigenvalue weighted by Gasteiger charge is 2.22. The van der Waals surface area contributed by atoms with Gasteiger partial charge in [-0.05, 0) is 43.9 Å². The summed E-state index contributed by atoms with van der Waals surface area (Å²) in [7, 11) is 1.27. The number of esters is 1. The smallest absolute Gasteiger partial charge is 0.341 e. The molecule has 0 spiro atoms. The zero-order valence-electron chi connectivity index (χ0n) is 13.3. The van der Waals surface area contributed by atoms with Gasteiger partial charge in [0.15, 0.2) is 5.78 Å². The van der Waals surface area contributed by atoms with Crippen molar-refractivity contribution in [3.63, 3.8) is 0 Å². The Balaban J connectivity index is 3.21. The van der Waals surface area contributed by atoms with Gasteiger partial charge < -0.3 is 9.84 Å². The fourth-order valence-electron chi connectivity index (χ4n) is 2.47. The average Bonchev–Trinajstić information content (AvgIpc) is 2.44. The maximum absolute atomic E-state index is 11.9. The maximum atomic E-state index is 11.9. The molecule has 1 aromatic rings. The fourth-order valence-corrected chi connectivity index (χ4v) is 2.47. The van der Waals surface area contributed by atoms with E-state index in [1.807, 2.05) is 0 Å². The minimum absolute atomic E-state index is 0.0548. The molecule has 0 amide bonds. The number of hydrogen-bond acceptors (Lipinski definition) is 4. The van der Waals surface area contributed by atoms with Gasteiger partial charge in [-0.1, -0.05) is 26.2 Å². The second-order valence-electron chi connectivity index (χ2n) is 5.29. The zero-order chi connectivity index (χ0) is 16.0. The molecule has 0 heterocycles. The van der Waals surface area contributed by atoms with Crippen molar-refractivity contribution in [2.24, 2.45) is 0 Å². The number of benzene rings is 1. The summed E-state index contributed by atoms with van der Waals surface area (Å²) in [5.74, 6) is -0.781. The molecular formula is C17H24O4. The second kappa shape index (κ2) is 7.81. The van der Waals surface area contributed by atoms with Crippen molar-refractivity contribution in [1.29, 1.82) is 0 Å². The first-order chi connectivity index (χ1) is 9.93. The number of rotatable bonds is 7. The Hall–Kier alpha value is -1.84. The van der Waals surface area contributed by atoms with E-state index in [1.165, 1.54) is 14.0 Å². The monoisotopic (exact) mass is 292 g/mol. The second-order valence-corrected chi connectivity index (χ2v) is 5.29. The predicted octanol–water partition coefficient (Wildman–Crippen LogP) is 3.81. The standard InChI is InChI=1S/C17H24O4/c1-5-6-7-8-9-13-10-14(12(3)18)11(2)15(16(13)19)17(20)21-4/h10,19H,5-9H2,1-4H3. The Morgan fingerprint density at radius 2 is 1.90 bits per heavy atom. The third kappa shape index (κ3) is 4.06. The molecular weight excluding hydrogens is 268 g/mol. The molecule has 1 rings (SSSR count). The van der Waals surface area contributed by atoms with E-state index in [9.17, 15) is 14.7 Å². The summed E-state index contributed by atoms with van der Waals surface area (Å²) >= 11 is 0. The van der Waals surface area contributed by atoms with E-state index in [0.29, 0.717) is 23.1 Å². The van der Waals surface area contributed by atoms with Crippen LogP contribution in [0.25, 0.3) is 0 Å². The summed E-state index contributed by atoms with van der Waals surface area (Å²) in [6, 6.07) is 1.70. The maximum Gasteiger partial charge on any atom is 0.341 e. The van der Waals surface area contributed by atoms with Gasteiger partial charge in [0, 0.05) is 5.56 Å². The number of hydrogen-bond donors (Lipinski definition) is 1. The Labute approximate surface area is 126 Å². The van der Waals surface area contributed by atoms with Gasteiger partial charge in [-0.3, -0.25) is 4.79 Å². The van der Waals surface area contributed by atoms with Gasteiger partial charge in [0.05, 0.1) is 7.11 Å². The number of aromatic hydroxyl groups is 1. The average molecular weight is 292 g/mol. The van der Waals surface area contributed by atoms with Crippen LogP contribution in [0, 0.1) is 6.92 Å². The van der Waals surface area contributed by atoms with Crippen LogP contribution in [0.5, 0.6) is 5.75 Å². The van der Waals surface area contributed by atoms with E-state index in [4.69, 9.17) is 4.74 Å². The van der Waals surface area contributed by atoms with Gasteiger partial charge in [-0.15, -0.1) is 0 Å². The van der Waals surface area contributed by atoms with E-state index >= 15 is 0 Å². The van der Waals surface area contributed by atoms with Crippen LogP contribution in [0.4, 0.5) is 0 Å². The van der Waals surface area contributed by atoms with E-state index in [0.717, 1.165) is 25.7 Å². The molecule has 0 aromatic heterocycles. The number of ether oxygens (including phenoxy) is 1. The van der Waals surface area contributed by atoms with Crippen LogP contribution >= 0.6 is 0 Å². The lowest BCUT2D eigenvalue weighted by molar-refractivity contribution is 0.0596. The molecule has 0 atom stereocenters. The number of phenolic OH excluding ortho intramolecular Hbond substituents is 1. The number of carbonyl (C=O) groups is 2. The minimum atomic E-state index is -0.608. The number of unbranched alkanes of at least 4 members (excludes halogenated alkanes) is 3. The van der Waals surface area contributed by atoms with Crippen LogP contribution in [0.1, 0.15) is 71.4 Å². The molecule has 1 aromatic carbocycles. The molecule has 0 saturated carbocycles. The fraction of sp³-hybridized carbons (Fsp3) is 0.529. The Morgan fingerprint density at radius 3 is 2.43 bits per heavy atom. The van der Waals surface area contributed by atoms with E-state index < -0.39 is 5.97 Å². The van der Waals surface area contributed by atoms with Crippen molar-refractivity contribution in [2.75, 3.05) is 7.11 Å². The predicted molar refractivity (Wildman–Crippen MR) is 82.0 cm³/mol. The Morgan fingerprint density at radius 1 is 1.24 bits per heavy atom. The highest BCUT2D eigenvalue weighted by Crippen LogP contribution is 2.31. The molecule has 0 fully saturated rings. The van der Waals surface area contributed by atoms with E-state index in [-0.39, 0.29) is 17.1 Å². The molecule has 0 aliphatic rings. The molecule has 0 saturated heterocycles. The van der Waals surface area contributed by atoms with Gasteiger partial charge in [-0.25, -0.2) is 4.79 Å². The van der Waals surface area contributed by atoms with Gasteiger partial charge >= 0.3 is 5.97 Å². The summed E-state index contributed by atoms with van der Waals surface area (Å²) in [5, 5.41) is 10.3. The molecule has 0 bridgehead atoms. The molecule has 0 unspecified atom stereocenters. The Kier molecular flexibility index (Phi) is 6.40.